The first kappa shape index (κ1) is 29.1. The monoisotopic (exact) mass is 504 g/mol. The minimum absolute atomic E-state index is 0.117. The zero-order valence-electron chi connectivity index (χ0n) is 19.7. The summed E-state index contributed by atoms with van der Waals surface area (Å²) in [4.78, 5) is 33.5. The summed E-state index contributed by atoms with van der Waals surface area (Å²) in [7, 11) is -5.22. The molecule has 7 nitrogen and oxygen atoms in total. The van der Waals surface area contributed by atoms with Gasteiger partial charge in [0, 0.05) is 20.9 Å². The molecule has 0 amide bonds. The smallest absolute Gasteiger partial charge is 0.334 e. The van der Waals surface area contributed by atoms with Crippen LogP contribution in [0.3, 0.4) is 0 Å². The molecule has 0 aliphatic carbocycles. The van der Waals surface area contributed by atoms with E-state index in [1.165, 1.54) is 0 Å². The number of benzene rings is 2. The fraction of sp³-hybridized carbons (Fsp3) is 0.455. The van der Waals surface area contributed by atoms with Crippen molar-refractivity contribution in [2.75, 3.05) is 0 Å². The van der Waals surface area contributed by atoms with Crippen molar-refractivity contribution in [1.82, 2.24) is 0 Å². The largest absolute Gasteiger partial charge is 0.508 e. The van der Waals surface area contributed by atoms with Crippen molar-refractivity contribution in [2.24, 2.45) is 0 Å². The number of rotatable bonds is 4. The van der Waals surface area contributed by atoms with E-state index >= 15 is 0 Å². The quantitative estimate of drug-likeness (QED) is 0.284. The van der Waals surface area contributed by atoms with E-state index in [1.54, 1.807) is 11.8 Å². The third kappa shape index (κ3) is 8.77. The molecule has 0 saturated carbocycles. The summed E-state index contributed by atoms with van der Waals surface area (Å²) in [6, 6.07) is 7.89. The van der Waals surface area contributed by atoms with Crippen LogP contribution < -0.4 is 0 Å². The van der Waals surface area contributed by atoms with Gasteiger partial charge in [0.05, 0.1) is 0 Å². The van der Waals surface area contributed by atoms with Gasteiger partial charge in [-0.3, -0.25) is 0 Å². The summed E-state index contributed by atoms with van der Waals surface area (Å²) in [6.45, 7) is 16.7. The number of aromatic hydroxyl groups is 2. The van der Waals surface area contributed by atoms with Crippen LogP contribution in [0.2, 0.25) is 0 Å². The number of hydrogen-bond acceptors (Lipinski definition) is 8. The summed E-state index contributed by atoms with van der Waals surface area (Å²) in [5, 5.41) is 20.6. The Kier molecular flexibility index (Phi) is 10.4. The maximum Gasteiger partial charge on any atom is 0.334 e. The van der Waals surface area contributed by atoms with Crippen LogP contribution in [0.4, 0.5) is 0 Å². The van der Waals surface area contributed by atoms with Crippen LogP contribution in [0, 0.1) is 13.8 Å². The van der Waals surface area contributed by atoms with Gasteiger partial charge in [-0.1, -0.05) is 53.3 Å². The maximum atomic E-state index is 10.3. The maximum absolute atomic E-state index is 10.3. The summed E-state index contributed by atoms with van der Waals surface area (Å²) in [5.41, 5.74) is 3.78. The summed E-state index contributed by atoms with van der Waals surface area (Å²) in [6.07, 6.45) is 0. The Bertz CT molecular complexity index is 846. The van der Waals surface area contributed by atoms with Crippen molar-refractivity contribution in [3.05, 3.63) is 46.5 Å². The van der Waals surface area contributed by atoms with E-state index < -0.39 is 17.2 Å². The fourth-order valence-electron chi connectivity index (χ4n) is 2.95. The predicted octanol–water partition coefficient (Wildman–Crippen LogP) is 5.89. The molecule has 10 heteroatoms. The Morgan fingerprint density at radius 3 is 1.19 bits per heavy atom. The van der Waals surface area contributed by atoms with Crippen LogP contribution in [-0.4, -0.2) is 29.8 Å². The van der Waals surface area contributed by atoms with Gasteiger partial charge in [0.25, 0.3) is 0 Å². The van der Waals surface area contributed by atoms with Gasteiger partial charge in [0.1, 0.15) is 11.5 Å². The Morgan fingerprint density at radius 2 is 0.969 bits per heavy atom. The number of hydrogen-bond donors (Lipinski definition) is 6. The second-order valence-corrected chi connectivity index (χ2v) is 12.2. The normalized spacial score (nSPS) is 12.2. The van der Waals surface area contributed by atoms with Crippen LogP contribution in [0.1, 0.15) is 63.8 Å². The van der Waals surface area contributed by atoms with Crippen molar-refractivity contribution < 1.29 is 34.1 Å². The van der Waals surface area contributed by atoms with Crippen LogP contribution in [0.5, 0.6) is 11.5 Å². The minimum Gasteiger partial charge on any atom is -0.508 e. The lowest BCUT2D eigenvalue weighted by Crippen LogP contribution is -2.12. The molecule has 0 aromatic heterocycles. The van der Waals surface area contributed by atoms with E-state index in [1.807, 2.05) is 26.0 Å². The standard InChI is InChI=1S/C22H30O2S.H4O5P2/c1-13-9-17(23)15(21(3,4)5)11-19(13)25-20-12-16(22(6,7)8)18(24)10-14(20)2;1-6(2)5-7(3)4/h9-12,23-24H,1-8H3;1-4H. The average molecular weight is 505 g/mol. The van der Waals surface area contributed by atoms with Gasteiger partial charge in [-0.05, 0) is 60.1 Å². The van der Waals surface area contributed by atoms with Gasteiger partial charge in [-0.15, -0.1) is 0 Å². The minimum atomic E-state index is -2.61. The van der Waals surface area contributed by atoms with Gasteiger partial charge < -0.3 is 29.8 Å². The third-order valence-electron chi connectivity index (χ3n) is 4.57. The number of phenols is 2. The first-order chi connectivity index (χ1) is 14.4. The molecule has 0 fully saturated rings. The molecule has 6 N–H and O–H groups in total. The van der Waals surface area contributed by atoms with Gasteiger partial charge in [-0.25, -0.2) is 4.31 Å². The Balaban J connectivity index is 0.000000633. The molecule has 0 heterocycles. The molecule has 0 aliphatic rings. The average Bonchev–Trinajstić information content (AvgIpc) is 2.56. The first-order valence-electron chi connectivity index (χ1n) is 9.83. The molecule has 2 aromatic carbocycles. The Labute approximate surface area is 197 Å². The highest BCUT2D eigenvalue weighted by Crippen LogP contribution is 2.43. The molecule has 0 atom stereocenters. The highest BCUT2D eigenvalue weighted by Gasteiger charge is 2.22. The molecule has 32 heavy (non-hydrogen) atoms. The molecule has 0 bridgehead atoms. The SMILES string of the molecule is Cc1cc(O)c(C(C)(C)C)cc1Sc1cc(C(C)(C)C)c(O)cc1C.OP(O)OP(O)O. The first-order valence-corrected chi connectivity index (χ1v) is 13.0. The zero-order chi connectivity index (χ0) is 25.0. The lowest BCUT2D eigenvalue weighted by atomic mass is 9.86. The molecule has 0 aliphatic heterocycles. The third-order valence-corrected chi connectivity index (χ3v) is 7.06. The van der Waals surface area contributed by atoms with E-state index in [-0.39, 0.29) is 10.8 Å². The van der Waals surface area contributed by atoms with E-state index in [9.17, 15) is 10.2 Å². The van der Waals surface area contributed by atoms with Gasteiger partial charge in [0.2, 0.25) is 0 Å². The summed E-state index contributed by atoms with van der Waals surface area (Å²) in [5.74, 6) is 0.708. The molecule has 0 spiro atoms. The van der Waals surface area contributed by atoms with Crippen molar-refractivity contribution in [3.63, 3.8) is 0 Å². The van der Waals surface area contributed by atoms with Crippen LogP contribution in [0.25, 0.3) is 0 Å². The lowest BCUT2D eigenvalue weighted by molar-refractivity contribution is 0.324. The van der Waals surface area contributed by atoms with Crippen molar-refractivity contribution in [2.45, 2.75) is 76.0 Å². The molecule has 2 rings (SSSR count). The molecule has 0 unspecified atom stereocenters. The lowest BCUT2D eigenvalue weighted by Gasteiger charge is -2.24. The van der Waals surface area contributed by atoms with Gasteiger partial charge in [-0.2, -0.15) is 0 Å². The van der Waals surface area contributed by atoms with E-state index in [0.29, 0.717) is 11.5 Å². The van der Waals surface area contributed by atoms with Crippen molar-refractivity contribution in [1.29, 1.82) is 0 Å². The Hall–Kier alpha value is -0.950. The number of phenolic OH excluding ortho intramolecular Hbond substituents is 2. The van der Waals surface area contributed by atoms with E-state index in [4.69, 9.17) is 19.6 Å². The van der Waals surface area contributed by atoms with Crippen molar-refractivity contribution in [3.8, 4) is 11.5 Å². The number of aryl methyl sites for hydroxylation is 2. The molecular weight excluding hydrogens is 470 g/mol. The zero-order valence-corrected chi connectivity index (χ0v) is 22.3. The highest BCUT2D eigenvalue weighted by atomic mass is 32.2. The topological polar surface area (TPSA) is 131 Å². The molecule has 180 valence electrons. The molecular formula is C22H34O7P2S. The van der Waals surface area contributed by atoms with Gasteiger partial charge >= 0.3 is 17.2 Å². The molecule has 2 aromatic rings. The Morgan fingerprint density at radius 1 is 0.656 bits per heavy atom. The second-order valence-electron chi connectivity index (χ2n) is 9.46. The molecule has 0 radical (unpaired) electrons. The predicted molar refractivity (Wildman–Crippen MR) is 131 cm³/mol. The summed E-state index contributed by atoms with van der Waals surface area (Å²) < 4.78 is 3.60. The fourth-order valence-corrected chi connectivity index (χ4v) is 4.50. The second kappa shape index (κ2) is 11.5. The van der Waals surface area contributed by atoms with Gasteiger partial charge in [0.15, 0.2) is 0 Å². The van der Waals surface area contributed by atoms with E-state index in [0.717, 1.165) is 32.0 Å². The van der Waals surface area contributed by atoms with Crippen LogP contribution in [0.15, 0.2) is 34.1 Å². The van der Waals surface area contributed by atoms with Crippen LogP contribution >= 0.6 is 29.0 Å². The van der Waals surface area contributed by atoms with Crippen LogP contribution in [-0.2, 0) is 15.1 Å². The highest BCUT2D eigenvalue weighted by molar-refractivity contribution is 7.99. The van der Waals surface area contributed by atoms with E-state index in [2.05, 4.69) is 58.0 Å². The summed E-state index contributed by atoms with van der Waals surface area (Å²) >= 11 is 1.70. The molecule has 0 saturated heterocycles. The van der Waals surface area contributed by atoms with Crippen molar-refractivity contribution >= 4 is 29.0 Å².